The Morgan fingerprint density at radius 2 is 1.63 bits per heavy atom. The number of anilines is 2. The monoisotopic (exact) mass is 377 g/mol. The van der Waals surface area contributed by atoms with Crippen LogP contribution in [0.2, 0.25) is 0 Å². The van der Waals surface area contributed by atoms with Gasteiger partial charge in [-0.25, -0.2) is 0 Å². The number of carbonyl (C=O) groups is 1. The summed E-state index contributed by atoms with van der Waals surface area (Å²) in [5, 5.41) is 3.38. The molecule has 3 rings (SSSR count). The molecule has 2 aromatic carbocycles. The molecular weight excluding hydrogens is 355 g/mol. The highest BCUT2D eigenvalue weighted by molar-refractivity contribution is 5.70. The number of carbonyl (C=O) groups excluding carboxylic acids is 1. The predicted octanol–water partition coefficient (Wildman–Crippen LogP) is 3.64. The van der Waals surface area contributed by atoms with Crippen LogP contribution in [0.4, 0.5) is 24.5 Å². The maximum atomic E-state index is 12.6. The maximum Gasteiger partial charge on any atom is 0.416 e. The van der Waals surface area contributed by atoms with Crippen LogP contribution < -0.4 is 10.2 Å². The van der Waals surface area contributed by atoms with Crippen LogP contribution in [-0.4, -0.2) is 44.0 Å². The van der Waals surface area contributed by atoms with Crippen LogP contribution in [0, 0.1) is 0 Å². The predicted molar refractivity (Wildman–Crippen MR) is 99.9 cm³/mol. The van der Waals surface area contributed by atoms with Gasteiger partial charge in [0.25, 0.3) is 0 Å². The smallest absolute Gasteiger partial charge is 0.383 e. The first-order valence-electron chi connectivity index (χ1n) is 8.91. The fourth-order valence-corrected chi connectivity index (χ4v) is 3.17. The van der Waals surface area contributed by atoms with Gasteiger partial charge in [0.05, 0.1) is 16.9 Å². The normalized spacial score (nSPS) is 14.9. The molecule has 27 heavy (non-hydrogen) atoms. The van der Waals surface area contributed by atoms with E-state index in [1.807, 2.05) is 24.3 Å². The van der Waals surface area contributed by atoms with Gasteiger partial charge >= 0.3 is 6.18 Å². The summed E-state index contributed by atoms with van der Waals surface area (Å²) in [6.45, 7) is 3.57. The van der Waals surface area contributed by atoms with E-state index in [9.17, 15) is 18.0 Å². The minimum Gasteiger partial charge on any atom is -0.383 e. The molecule has 0 spiro atoms. The Morgan fingerprint density at radius 1 is 0.963 bits per heavy atom. The van der Waals surface area contributed by atoms with Crippen molar-refractivity contribution in [2.75, 3.05) is 42.9 Å². The van der Waals surface area contributed by atoms with Gasteiger partial charge in [-0.2, -0.15) is 13.2 Å². The van der Waals surface area contributed by atoms with Crippen LogP contribution in [0.1, 0.15) is 11.1 Å². The van der Waals surface area contributed by atoms with Crippen molar-refractivity contribution in [1.82, 2.24) is 4.90 Å². The van der Waals surface area contributed by atoms with E-state index in [1.54, 1.807) is 4.90 Å². The molecule has 1 amide bonds. The molecular formula is C20H22F3N3O. The van der Waals surface area contributed by atoms with Gasteiger partial charge in [0.1, 0.15) is 0 Å². The number of piperazine rings is 1. The minimum absolute atomic E-state index is 0.622. The number of para-hydroxylation sites is 2. The van der Waals surface area contributed by atoms with Gasteiger partial charge in [-0.1, -0.05) is 24.3 Å². The third-order valence-electron chi connectivity index (χ3n) is 4.72. The first kappa shape index (κ1) is 19.1. The van der Waals surface area contributed by atoms with Gasteiger partial charge in [0.15, 0.2) is 0 Å². The molecule has 144 valence electrons. The second kappa shape index (κ2) is 8.33. The molecule has 0 atom stereocenters. The third kappa shape index (κ3) is 4.93. The average Bonchev–Trinajstić information content (AvgIpc) is 2.68. The summed E-state index contributed by atoms with van der Waals surface area (Å²) in [6, 6.07) is 13.2. The van der Waals surface area contributed by atoms with Crippen molar-refractivity contribution in [3.63, 3.8) is 0 Å². The number of alkyl halides is 3. The van der Waals surface area contributed by atoms with E-state index in [0.29, 0.717) is 26.1 Å². The van der Waals surface area contributed by atoms with E-state index in [4.69, 9.17) is 0 Å². The zero-order valence-corrected chi connectivity index (χ0v) is 14.9. The molecule has 1 heterocycles. The second-order valence-electron chi connectivity index (χ2n) is 6.52. The number of rotatable bonds is 6. The summed E-state index contributed by atoms with van der Waals surface area (Å²) in [6.07, 6.45) is -2.79. The Hall–Kier alpha value is -2.70. The molecule has 0 unspecified atom stereocenters. The highest BCUT2D eigenvalue weighted by Crippen LogP contribution is 2.29. The van der Waals surface area contributed by atoms with Gasteiger partial charge < -0.3 is 15.1 Å². The molecule has 1 aliphatic rings. The van der Waals surface area contributed by atoms with E-state index < -0.39 is 11.7 Å². The molecule has 0 aliphatic carbocycles. The van der Waals surface area contributed by atoms with Crippen LogP contribution in [0.5, 0.6) is 0 Å². The fourth-order valence-electron chi connectivity index (χ4n) is 3.17. The molecule has 0 radical (unpaired) electrons. The van der Waals surface area contributed by atoms with Crippen molar-refractivity contribution in [3.05, 3.63) is 59.7 Å². The van der Waals surface area contributed by atoms with Crippen LogP contribution in [0.25, 0.3) is 0 Å². The van der Waals surface area contributed by atoms with Gasteiger partial charge in [-0.15, -0.1) is 0 Å². The Balaban J connectivity index is 1.58. The highest BCUT2D eigenvalue weighted by Gasteiger charge is 2.29. The van der Waals surface area contributed by atoms with Crippen LogP contribution in [0.15, 0.2) is 48.5 Å². The van der Waals surface area contributed by atoms with E-state index in [-0.39, 0.29) is 0 Å². The van der Waals surface area contributed by atoms with Crippen molar-refractivity contribution < 1.29 is 18.0 Å². The Bertz CT molecular complexity index is 754. The fraction of sp³-hybridized carbons (Fsp3) is 0.350. The van der Waals surface area contributed by atoms with E-state index in [0.717, 1.165) is 48.6 Å². The van der Waals surface area contributed by atoms with Crippen LogP contribution in [-0.2, 0) is 17.4 Å². The molecule has 0 bridgehead atoms. The van der Waals surface area contributed by atoms with Gasteiger partial charge in [-0.3, -0.25) is 4.79 Å². The summed E-state index contributed by atoms with van der Waals surface area (Å²) in [5.41, 5.74) is 2.30. The number of hydrogen-bond donors (Lipinski definition) is 1. The van der Waals surface area contributed by atoms with Crippen molar-refractivity contribution in [3.8, 4) is 0 Å². The van der Waals surface area contributed by atoms with Gasteiger partial charge in [0, 0.05) is 32.7 Å². The summed E-state index contributed by atoms with van der Waals surface area (Å²) in [5.74, 6) is 0. The SMILES string of the molecule is O=CN1CCN(c2ccccc2NCCc2ccc(C(F)(F)F)cc2)CC1. The molecule has 1 fully saturated rings. The van der Waals surface area contributed by atoms with Crippen molar-refractivity contribution in [2.45, 2.75) is 12.6 Å². The molecule has 4 nitrogen and oxygen atoms in total. The quantitative estimate of drug-likeness (QED) is 0.781. The standard InChI is InChI=1S/C20H22F3N3O/c21-20(22,23)17-7-5-16(6-8-17)9-10-24-18-3-1-2-4-19(18)26-13-11-25(15-27)12-14-26/h1-8,15,24H,9-14H2. The zero-order chi connectivity index (χ0) is 19.3. The van der Waals surface area contributed by atoms with E-state index in [1.165, 1.54) is 12.1 Å². The Morgan fingerprint density at radius 3 is 2.26 bits per heavy atom. The lowest BCUT2D eigenvalue weighted by Gasteiger charge is -2.35. The van der Waals surface area contributed by atoms with Gasteiger partial charge in [-0.05, 0) is 36.2 Å². The summed E-state index contributed by atoms with van der Waals surface area (Å²) < 4.78 is 37.9. The zero-order valence-electron chi connectivity index (χ0n) is 14.9. The summed E-state index contributed by atoms with van der Waals surface area (Å²) in [4.78, 5) is 14.9. The first-order valence-corrected chi connectivity index (χ1v) is 8.91. The molecule has 1 N–H and O–H groups in total. The lowest BCUT2D eigenvalue weighted by Crippen LogP contribution is -2.45. The number of hydrogen-bond acceptors (Lipinski definition) is 3. The van der Waals surface area contributed by atoms with E-state index >= 15 is 0 Å². The Kier molecular flexibility index (Phi) is 5.88. The molecule has 0 saturated carbocycles. The highest BCUT2D eigenvalue weighted by atomic mass is 19.4. The molecule has 7 heteroatoms. The number of amides is 1. The third-order valence-corrected chi connectivity index (χ3v) is 4.72. The molecule has 1 aliphatic heterocycles. The summed E-state index contributed by atoms with van der Waals surface area (Å²) >= 11 is 0. The lowest BCUT2D eigenvalue weighted by molar-refractivity contribution is -0.137. The molecule has 0 aromatic heterocycles. The van der Waals surface area contributed by atoms with Crippen LogP contribution >= 0.6 is 0 Å². The second-order valence-corrected chi connectivity index (χ2v) is 6.52. The minimum atomic E-state index is -4.30. The number of benzene rings is 2. The van der Waals surface area contributed by atoms with Crippen molar-refractivity contribution in [2.24, 2.45) is 0 Å². The summed E-state index contributed by atoms with van der Waals surface area (Å²) in [7, 11) is 0. The largest absolute Gasteiger partial charge is 0.416 e. The molecule has 2 aromatic rings. The maximum absolute atomic E-state index is 12.6. The van der Waals surface area contributed by atoms with Crippen molar-refractivity contribution >= 4 is 17.8 Å². The van der Waals surface area contributed by atoms with Crippen molar-refractivity contribution in [1.29, 1.82) is 0 Å². The van der Waals surface area contributed by atoms with Gasteiger partial charge in [0.2, 0.25) is 6.41 Å². The lowest BCUT2D eigenvalue weighted by atomic mass is 10.1. The first-order chi connectivity index (χ1) is 13.0. The average molecular weight is 377 g/mol. The number of halogens is 3. The number of nitrogens with one attached hydrogen (secondary N) is 1. The Labute approximate surface area is 156 Å². The topological polar surface area (TPSA) is 35.6 Å². The molecule has 1 saturated heterocycles. The van der Waals surface area contributed by atoms with Crippen LogP contribution in [0.3, 0.4) is 0 Å². The van der Waals surface area contributed by atoms with E-state index in [2.05, 4.69) is 10.2 Å². The number of nitrogens with zero attached hydrogens (tertiary/aromatic N) is 2.